The summed E-state index contributed by atoms with van der Waals surface area (Å²) in [5.41, 5.74) is 7.14. The van der Waals surface area contributed by atoms with E-state index >= 15 is 0 Å². The number of nitrogens with one attached hydrogen (secondary N) is 1. The molecule has 0 bridgehead atoms. The van der Waals surface area contributed by atoms with Gasteiger partial charge in [0.25, 0.3) is 12.1 Å². The van der Waals surface area contributed by atoms with E-state index in [-0.39, 0.29) is 11.1 Å². The third-order valence-electron chi connectivity index (χ3n) is 3.86. The number of aromatic nitrogens is 3. The molecule has 1 amide bonds. The van der Waals surface area contributed by atoms with Crippen molar-refractivity contribution in [3.63, 3.8) is 0 Å². The molecule has 1 aromatic carbocycles. The van der Waals surface area contributed by atoms with Crippen molar-refractivity contribution >= 4 is 35.1 Å². The van der Waals surface area contributed by atoms with Crippen LogP contribution in [0.15, 0.2) is 41.5 Å². The van der Waals surface area contributed by atoms with Crippen LogP contribution < -0.4 is 15.7 Å². The minimum Gasteiger partial charge on any atom is -0.398 e. The maximum Gasteiger partial charge on any atom is 0.389 e. The molecule has 1 aliphatic rings. The van der Waals surface area contributed by atoms with E-state index in [0.717, 1.165) is 0 Å². The van der Waals surface area contributed by atoms with E-state index in [0.29, 0.717) is 28.8 Å². The zero-order valence-electron chi connectivity index (χ0n) is 14.6. The van der Waals surface area contributed by atoms with Gasteiger partial charge in [-0.2, -0.15) is 0 Å². The van der Waals surface area contributed by atoms with E-state index in [2.05, 4.69) is 37.0 Å². The van der Waals surface area contributed by atoms with Gasteiger partial charge < -0.3 is 5.73 Å². The SMILES string of the molecule is CC1=[N+]=CC(NC(=O)c2ccc(F)c(C#Cc3nnc4ccc(N)cn34)c2)=N1. The molecule has 8 nitrogen and oxygen atoms in total. The number of halogens is 1. The van der Waals surface area contributed by atoms with Gasteiger partial charge in [0, 0.05) is 17.4 Å². The van der Waals surface area contributed by atoms with Crippen molar-refractivity contribution in [3.05, 3.63) is 59.3 Å². The molecular weight excluding hydrogens is 361 g/mol. The molecule has 3 aromatic rings. The van der Waals surface area contributed by atoms with Gasteiger partial charge in [-0.05, 0) is 41.2 Å². The van der Waals surface area contributed by atoms with E-state index in [4.69, 9.17) is 5.73 Å². The van der Waals surface area contributed by atoms with Crippen LogP contribution in [0.3, 0.4) is 0 Å². The number of benzene rings is 1. The van der Waals surface area contributed by atoms with Gasteiger partial charge in [-0.1, -0.05) is 5.92 Å². The fourth-order valence-corrected chi connectivity index (χ4v) is 2.51. The molecule has 0 radical (unpaired) electrons. The average Bonchev–Trinajstić information content (AvgIpc) is 3.26. The number of nitrogen functional groups attached to an aromatic ring is 1. The number of amides is 1. The van der Waals surface area contributed by atoms with Crippen LogP contribution in [-0.2, 0) is 0 Å². The first-order valence-electron chi connectivity index (χ1n) is 8.19. The molecule has 0 unspecified atom stereocenters. The lowest BCUT2D eigenvalue weighted by atomic mass is 10.1. The van der Waals surface area contributed by atoms with Crippen molar-refractivity contribution in [3.8, 4) is 11.8 Å². The van der Waals surface area contributed by atoms with Crippen LogP contribution >= 0.6 is 0 Å². The lowest BCUT2D eigenvalue weighted by molar-refractivity contribution is 0.0977. The highest BCUT2D eigenvalue weighted by atomic mass is 19.1. The normalized spacial score (nSPS) is 12.4. The number of carbonyl (C=O) groups excluding carboxylic acids is 1. The number of carbonyl (C=O) groups is 1. The molecule has 3 N–H and O–H groups in total. The van der Waals surface area contributed by atoms with Crippen LogP contribution in [0.25, 0.3) is 5.65 Å². The third-order valence-corrected chi connectivity index (χ3v) is 3.86. The van der Waals surface area contributed by atoms with E-state index in [1.807, 2.05) is 0 Å². The Bertz CT molecular complexity index is 1290. The number of nitrogens with two attached hydrogens (primary N) is 1. The second-order valence-electron chi connectivity index (χ2n) is 5.92. The molecule has 4 rings (SSSR count). The first-order chi connectivity index (χ1) is 13.5. The Balaban J connectivity index is 1.62. The van der Waals surface area contributed by atoms with Crippen LogP contribution in [0.2, 0.25) is 0 Å². The topological polar surface area (TPSA) is 112 Å². The molecule has 136 valence electrons. The second kappa shape index (κ2) is 6.79. The zero-order valence-corrected chi connectivity index (χ0v) is 14.6. The van der Waals surface area contributed by atoms with Crippen molar-refractivity contribution in [1.82, 2.24) is 24.6 Å². The Morgan fingerprint density at radius 3 is 2.89 bits per heavy atom. The number of amidine groups is 2. The Labute approximate surface area is 158 Å². The summed E-state index contributed by atoms with van der Waals surface area (Å²) < 4.78 is 19.7. The van der Waals surface area contributed by atoms with E-state index in [1.165, 1.54) is 24.4 Å². The number of pyridine rings is 1. The largest absolute Gasteiger partial charge is 0.398 e. The zero-order chi connectivity index (χ0) is 19.7. The number of rotatable bonds is 1. The fourth-order valence-electron chi connectivity index (χ4n) is 2.51. The predicted molar refractivity (Wildman–Crippen MR) is 104 cm³/mol. The molecular formula is C19H13FN7O+. The molecule has 0 saturated heterocycles. The minimum atomic E-state index is -0.554. The molecule has 0 saturated carbocycles. The molecule has 0 spiro atoms. The molecule has 3 heterocycles. The highest BCUT2D eigenvalue weighted by Gasteiger charge is 2.19. The first kappa shape index (κ1) is 17.1. The molecule has 0 atom stereocenters. The van der Waals surface area contributed by atoms with Crippen LogP contribution in [0.1, 0.15) is 28.7 Å². The van der Waals surface area contributed by atoms with Gasteiger partial charge in [0.1, 0.15) is 5.82 Å². The van der Waals surface area contributed by atoms with Gasteiger partial charge in [0.05, 0.1) is 12.5 Å². The second-order valence-corrected chi connectivity index (χ2v) is 5.92. The van der Waals surface area contributed by atoms with Gasteiger partial charge >= 0.3 is 11.7 Å². The molecule has 9 heteroatoms. The van der Waals surface area contributed by atoms with E-state index in [1.54, 1.807) is 29.7 Å². The van der Waals surface area contributed by atoms with Gasteiger partial charge in [0.15, 0.2) is 5.65 Å². The Morgan fingerprint density at radius 1 is 1.25 bits per heavy atom. The van der Waals surface area contributed by atoms with E-state index < -0.39 is 11.7 Å². The number of hydrogen-bond acceptors (Lipinski definition) is 5. The fraction of sp³-hybridized carbons (Fsp3) is 0.0526. The van der Waals surface area contributed by atoms with Crippen molar-refractivity contribution in [2.24, 2.45) is 4.99 Å². The molecule has 28 heavy (non-hydrogen) atoms. The summed E-state index contributed by atoms with van der Waals surface area (Å²) in [5.74, 6) is 5.63. The number of hydrogen-bond donors (Lipinski definition) is 2. The minimum absolute atomic E-state index is 0.0538. The van der Waals surface area contributed by atoms with Crippen molar-refractivity contribution in [2.75, 3.05) is 5.73 Å². The van der Waals surface area contributed by atoms with Crippen LogP contribution in [0.4, 0.5) is 10.1 Å². The highest BCUT2D eigenvalue weighted by Crippen LogP contribution is 2.11. The lowest BCUT2D eigenvalue weighted by Gasteiger charge is -2.01. The molecule has 0 fully saturated rings. The predicted octanol–water partition coefficient (Wildman–Crippen LogP) is 0.549. The number of nitrogens with zero attached hydrogens (tertiary/aromatic N) is 5. The average molecular weight is 374 g/mol. The summed E-state index contributed by atoms with van der Waals surface area (Å²) in [6.07, 6.45) is 3.07. The first-order valence-corrected chi connectivity index (χ1v) is 8.19. The number of fused-ring (bicyclic) bond motifs is 1. The van der Waals surface area contributed by atoms with Crippen LogP contribution in [0, 0.1) is 17.7 Å². The molecule has 2 aromatic heterocycles. The Morgan fingerprint density at radius 2 is 2.11 bits per heavy atom. The maximum atomic E-state index is 14.2. The summed E-state index contributed by atoms with van der Waals surface area (Å²) in [6, 6.07) is 7.31. The van der Waals surface area contributed by atoms with Gasteiger partial charge in [-0.15, -0.1) is 10.2 Å². The molecule has 1 aliphatic heterocycles. The highest BCUT2D eigenvalue weighted by molar-refractivity contribution is 6.37. The Hall–Kier alpha value is -4.28. The van der Waals surface area contributed by atoms with Gasteiger partial charge in [-0.3, -0.25) is 14.5 Å². The van der Waals surface area contributed by atoms with Gasteiger partial charge in [0.2, 0.25) is 5.82 Å². The Kier molecular flexibility index (Phi) is 4.16. The summed E-state index contributed by atoms with van der Waals surface area (Å²) in [5, 5.41) is 10.5. The standard InChI is InChI=1S/C19H12FN7O/c1-11-22-9-16(23-11)24-19(28)13-2-5-15(20)12(8-13)3-6-17-25-26-18-7-4-14(21)10-27(17)18/h2,4-5,7-10H,21H2,1H3/p+1. The van der Waals surface area contributed by atoms with Gasteiger partial charge in [-0.25, -0.2) is 9.06 Å². The smallest absolute Gasteiger partial charge is 0.389 e. The number of anilines is 1. The van der Waals surface area contributed by atoms with Crippen LogP contribution in [0.5, 0.6) is 0 Å². The summed E-state index contributed by atoms with van der Waals surface area (Å²) >= 11 is 0. The molecule has 0 aliphatic carbocycles. The number of aliphatic imine (C=N–C) groups is 1. The summed E-state index contributed by atoms with van der Waals surface area (Å²) in [7, 11) is 0. The summed E-state index contributed by atoms with van der Waals surface area (Å²) in [6.45, 7) is 1.71. The van der Waals surface area contributed by atoms with Crippen LogP contribution in [-0.4, -0.2) is 38.4 Å². The van der Waals surface area contributed by atoms with Crippen molar-refractivity contribution in [2.45, 2.75) is 6.92 Å². The quantitative estimate of drug-likeness (QED) is 0.478. The monoisotopic (exact) mass is 374 g/mol. The van der Waals surface area contributed by atoms with Crippen molar-refractivity contribution < 1.29 is 9.18 Å². The third kappa shape index (κ3) is 3.35. The maximum absolute atomic E-state index is 14.2. The lowest BCUT2D eigenvalue weighted by Crippen LogP contribution is -2.31. The van der Waals surface area contributed by atoms with Crippen molar-refractivity contribution in [1.29, 1.82) is 0 Å². The van der Waals surface area contributed by atoms with E-state index in [9.17, 15) is 9.18 Å². The summed E-state index contributed by atoms with van der Waals surface area (Å²) in [4.78, 5) is 16.4.